The van der Waals surface area contributed by atoms with Gasteiger partial charge in [0.2, 0.25) is 0 Å². The van der Waals surface area contributed by atoms with Crippen molar-refractivity contribution in [2.24, 2.45) is 0 Å². The van der Waals surface area contributed by atoms with Gasteiger partial charge in [0.25, 0.3) is 0 Å². The van der Waals surface area contributed by atoms with E-state index in [0.29, 0.717) is 0 Å². The number of benzene rings is 8. The van der Waals surface area contributed by atoms with Gasteiger partial charge < -0.3 is 4.90 Å². The maximum absolute atomic E-state index is 2.35. The second kappa shape index (κ2) is 11.6. The lowest BCUT2D eigenvalue weighted by Gasteiger charge is -2.25. The second-order valence-electron chi connectivity index (χ2n) is 11.4. The van der Waals surface area contributed by atoms with Crippen LogP contribution < -0.4 is 4.90 Å². The van der Waals surface area contributed by atoms with Crippen molar-refractivity contribution in [3.8, 4) is 11.1 Å². The van der Waals surface area contributed by atoms with Gasteiger partial charge in [0, 0.05) is 17.1 Å². The Hall–Kier alpha value is -5.92. The summed E-state index contributed by atoms with van der Waals surface area (Å²) >= 11 is 0. The van der Waals surface area contributed by atoms with E-state index in [1.807, 2.05) is 0 Å². The molecule has 0 aliphatic carbocycles. The molecule has 212 valence electrons. The standard InChI is InChI=1S/C44H31N/c1-3-11-36(12-4-1)45(37-13-5-2-6-14-37)38-28-23-33(24-29-38)20-19-32-21-25-34(26-22-32)35-27-30-43-41-17-8-7-15-39(41)40-16-9-10-18-42(40)44(43)31-35/h1-31H. The van der Waals surface area contributed by atoms with E-state index in [1.165, 1.54) is 49.0 Å². The molecule has 0 fully saturated rings. The molecule has 0 aromatic heterocycles. The number of para-hydroxylation sites is 2. The van der Waals surface area contributed by atoms with Crippen molar-refractivity contribution in [3.05, 3.63) is 187 Å². The number of fused-ring (bicyclic) bond motifs is 6. The summed E-state index contributed by atoms with van der Waals surface area (Å²) in [6.45, 7) is 0. The Morgan fingerprint density at radius 2 is 0.667 bits per heavy atom. The molecule has 0 amide bonds. The molecule has 45 heavy (non-hydrogen) atoms. The molecular formula is C44H31N. The summed E-state index contributed by atoms with van der Waals surface area (Å²) in [7, 11) is 0. The molecule has 0 N–H and O–H groups in total. The van der Waals surface area contributed by atoms with Gasteiger partial charge in [0.05, 0.1) is 0 Å². The molecule has 0 heterocycles. The van der Waals surface area contributed by atoms with E-state index in [9.17, 15) is 0 Å². The molecule has 0 spiro atoms. The minimum absolute atomic E-state index is 1.13. The highest BCUT2D eigenvalue weighted by Crippen LogP contribution is 2.37. The largest absolute Gasteiger partial charge is 0.311 e. The highest BCUT2D eigenvalue weighted by atomic mass is 15.1. The first-order chi connectivity index (χ1) is 22.3. The number of rotatable bonds is 6. The van der Waals surface area contributed by atoms with E-state index in [1.54, 1.807) is 0 Å². The fourth-order valence-electron chi connectivity index (χ4n) is 6.40. The lowest BCUT2D eigenvalue weighted by atomic mass is 9.92. The van der Waals surface area contributed by atoms with Crippen molar-refractivity contribution in [3.63, 3.8) is 0 Å². The topological polar surface area (TPSA) is 3.24 Å². The Kier molecular flexibility index (Phi) is 6.90. The van der Waals surface area contributed by atoms with Gasteiger partial charge in [-0.1, -0.05) is 146 Å². The molecule has 1 nitrogen and oxygen atoms in total. The maximum atomic E-state index is 2.35. The van der Waals surface area contributed by atoms with Crippen LogP contribution in [0.25, 0.3) is 55.6 Å². The molecule has 8 rings (SSSR count). The SMILES string of the molecule is C(=Cc1ccc(N(c2ccccc2)c2ccccc2)cc1)c1ccc(-c2ccc3c4ccccc4c4ccccc4c3c2)cc1. The molecule has 8 aromatic carbocycles. The van der Waals surface area contributed by atoms with Gasteiger partial charge in [-0.25, -0.2) is 0 Å². The quantitative estimate of drug-likeness (QED) is 0.141. The average Bonchev–Trinajstić information content (AvgIpc) is 3.12. The van der Waals surface area contributed by atoms with Crippen LogP contribution in [0.3, 0.4) is 0 Å². The molecule has 0 radical (unpaired) electrons. The van der Waals surface area contributed by atoms with Crippen LogP contribution in [0.5, 0.6) is 0 Å². The Labute approximate surface area is 264 Å². The van der Waals surface area contributed by atoms with E-state index in [-0.39, 0.29) is 0 Å². The van der Waals surface area contributed by atoms with Crippen LogP contribution in [0, 0.1) is 0 Å². The van der Waals surface area contributed by atoms with Crippen molar-refractivity contribution in [1.29, 1.82) is 0 Å². The Balaban J connectivity index is 1.06. The highest BCUT2D eigenvalue weighted by molar-refractivity contribution is 6.25. The maximum Gasteiger partial charge on any atom is 0.0462 e. The fraction of sp³-hybridized carbons (Fsp3) is 0. The molecular weight excluding hydrogens is 542 g/mol. The Morgan fingerprint density at radius 1 is 0.289 bits per heavy atom. The van der Waals surface area contributed by atoms with E-state index in [2.05, 4.69) is 193 Å². The van der Waals surface area contributed by atoms with Crippen molar-refractivity contribution < 1.29 is 0 Å². The Bertz CT molecular complexity index is 2210. The van der Waals surface area contributed by atoms with Crippen LogP contribution in [-0.2, 0) is 0 Å². The summed E-state index contributed by atoms with van der Waals surface area (Å²) in [5.41, 5.74) is 8.20. The molecule has 0 atom stereocenters. The molecule has 0 aliphatic heterocycles. The van der Waals surface area contributed by atoms with Crippen molar-refractivity contribution in [2.75, 3.05) is 4.90 Å². The van der Waals surface area contributed by atoms with Gasteiger partial charge in [0.1, 0.15) is 0 Å². The summed E-state index contributed by atoms with van der Waals surface area (Å²) in [5.74, 6) is 0. The summed E-state index contributed by atoms with van der Waals surface area (Å²) < 4.78 is 0. The predicted molar refractivity (Wildman–Crippen MR) is 194 cm³/mol. The zero-order valence-corrected chi connectivity index (χ0v) is 24.8. The lowest BCUT2D eigenvalue weighted by Crippen LogP contribution is -2.09. The average molecular weight is 574 g/mol. The summed E-state index contributed by atoms with van der Waals surface area (Å²) in [5, 5.41) is 7.82. The smallest absolute Gasteiger partial charge is 0.0462 e. The van der Waals surface area contributed by atoms with E-state index in [0.717, 1.165) is 22.6 Å². The first-order valence-corrected chi connectivity index (χ1v) is 15.4. The fourth-order valence-corrected chi connectivity index (χ4v) is 6.40. The zero-order valence-electron chi connectivity index (χ0n) is 24.8. The van der Waals surface area contributed by atoms with Crippen LogP contribution in [0.1, 0.15) is 11.1 Å². The van der Waals surface area contributed by atoms with Gasteiger partial charge in [-0.3, -0.25) is 0 Å². The monoisotopic (exact) mass is 573 g/mol. The third-order valence-corrected chi connectivity index (χ3v) is 8.64. The first-order valence-electron chi connectivity index (χ1n) is 15.4. The van der Waals surface area contributed by atoms with Crippen molar-refractivity contribution in [2.45, 2.75) is 0 Å². The number of nitrogens with zero attached hydrogens (tertiary/aromatic N) is 1. The Morgan fingerprint density at radius 3 is 1.18 bits per heavy atom. The van der Waals surface area contributed by atoms with Gasteiger partial charge >= 0.3 is 0 Å². The van der Waals surface area contributed by atoms with Crippen LogP contribution >= 0.6 is 0 Å². The van der Waals surface area contributed by atoms with Crippen molar-refractivity contribution in [1.82, 2.24) is 0 Å². The molecule has 1 heteroatoms. The van der Waals surface area contributed by atoms with Gasteiger partial charge in [0.15, 0.2) is 0 Å². The van der Waals surface area contributed by atoms with Crippen LogP contribution in [0.2, 0.25) is 0 Å². The molecule has 8 aromatic rings. The predicted octanol–water partition coefficient (Wildman–Crippen LogP) is 12.5. The first kappa shape index (κ1) is 26.7. The molecule has 0 aliphatic rings. The minimum Gasteiger partial charge on any atom is -0.311 e. The lowest BCUT2D eigenvalue weighted by molar-refractivity contribution is 1.28. The minimum atomic E-state index is 1.13. The normalized spacial score (nSPS) is 11.5. The van der Waals surface area contributed by atoms with Crippen LogP contribution in [-0.4, -0.2) is 0 Å². The summed E-state index contributed by atoms with van der Waals surface area (Å²) in [4.78, 5) is 2.28. The second-order valence-corrected chi connectivity index (χ2v) is 11.4. The zero-order chi connectivity index (χ0) is 30.0. The third-order valence-electron chi connectivity index (χ3n) is 8.64. The summed E-state index contributed by atoms with van der Waals surface area (Å²) in [6.07, 6.45) is 4.37. The third kappa shape index (κ3) is 5.15. The number of hydrogen-bond acceptors (Lipinski definition) is 1. The molecule has 0 saturated heterocycles. The highest BCUT2D eigenvalue weighted by Gasteiger charge is 2.12. The molecule has 0 bridgehead atoms. The summed E-state index contributed by atoms with van der Waals surface area (Å²) in [6, 6.07) is 63.0. The van der Waals surface area contributed by atoms with E-state index in [4.69, 9.17) is 0 Å². The van der Waals surface area contributed by atoms with E-state index < -0.39 is 0 Å². The van der Waals surface area contributed by atoms with Crippen molar-refractivity contribution >= 4 is 61.5 Å². The molecule has 0 saturated carbocycles. The van der Waals surface area contributed by atoms with Crippen LogP contribution in [0.4, 0.5) is 17.1 Å². The number of anilines is 3. The van der Waals surface area contributed by atoms with E-state index >= 15 is 0 Å². The van der Waals surface area contributed by atoms with Gasteiger partial charge in [-0.2, -0.15) is 0 Å². The number of hydrogen-bond donors (Lipinski definition) is 0. The van der Waals surface area contributed by atoms with Crippen LogP contribution in [0.15, 0.2) is 176 Å². The van der Waals surface area contributed by atoms with Gasteiger partial charge in [-0.15, -0.1) is 0 Å². The van der Waals surface area contributed by atoms with Gasteiger partial charge in [-0.05, 0) is 97.0 Å². The molecule has 0 unspecified atom stereocenters.